The van der Waals surface area contributed by atoms with Gasteiger partial charge in [-0.1, -0.05) is 13.0 Å². The summed E-state index contributed by atoms with van der Waals surface area (Å²) in [6.07, 6.45) is 0.891. The number of rotatable bonds is 2. The Morgan fingerprint density at radius 1 is 1.44 bits per heavy atom. The van der Waals surface area contributed by atoms with E-state index in [1.807, 2.05) is 25.1 Å². The van der Waals surface area contributed by atoms with Gasteiger partial charge in [0, 0.05) is 5.39 Å². The number of aliphatic hydroxyl groups excluding tert-OH is 1. The van der Waals surface area contributed by atoms with Gasteiger partial charge in [-0.25, -0.2) is 4.79 Å². The van der Waals surface area contributed by atoms with Gasteiger partial charge in [0.1, 0.15) is 12.3 Å². The minimum absolute atomic E-state index is 0.240. The van der Waals surface area contributed by atoms with Gasteiger partial charge in [0.2, 0.25) is 0 Å². The van der Waals surface area contributed by atoms with Gasteiger partial charge in [0.15, 0.2) is 5.82 Å². The highest BCUT2D eigenvalue weighted by atomic mass is 16.3. The first-order valence-corrected chi connectivity index (χ1v) is 5.74. The number of benzene rings is 1. The van der Waals surface area contributed by atoms with E-state index in [0.29, 0.717) is 17.0 Å². The molecule has 2 N–H and O–H groups in total. The van der Waals surface area contributed by atoms with Crippen molar-refractivity contribution >= 4 is 16.6 Å². The number of aryl methyl sites for hydroxylation is 1. The fraction of sp³-hybridized carbons (Fsp3) is 0.250. The molecule has 0 aliphatic carbocycles. The second kappa shape index (κ2) is 3.92. The minimum Gasteiger partial charge on any atom is -0.388 e. The van der Waals surface area contributed by atoms with Gasteiger partial charge in [0.25, 0.3) is 0 Å². The summed E-state index contributed by atoms with van der Waals surface area (Å²) in [4.78, 5) is 18.7. The standard InChI is InChI=1S/C12H12N4O2/c1-2-7-3-4-8-9(5-7)13-12(18)16-11(8)14-10(6-17)15-16/h3-5,17H,2,6H2,1H3,(H,14,15). The smallest absolute Gasteiger partial charge is 0.370 e. The van der Waals surface area contributed by atoms with Crippen LogP contribution in [0.1, 0.15) is 18.3 Å². The second-order valence-electron chi connectivity index (χ2n) is 4.09. The largest absolute Gasteiger partial charge is 0.388 e. The van der Waals surface area contributed by atoms with Gasteiger partial charge in [-0.2, -0.15) is 9.50 Å². The molecule has 2 heterocycles. The molecule has 1 aromatic carbocycles. The third-order valence-corrected chi connectivity index (χ3v) is 2.97. The summed E-state index contributed by atoms with van der Waals surface area (Å²) >= 11 is 0. The van der Waals surface area contributed by atoms with Crippen LogP contribution in [0.3, 0.4) is 0 Å². The zero-order chi connectivity index (χ0) is 12.7. The molecule has 6 heteroatoms. The van der Waals surface area contributed by atoms with E-state index in [4.69, 9.17) is 5.11 Å². The molecule has 0 bridgehead atoms. The van der Waals surface area contributed by atoms with Gasteiger partial charge in [-0.3, -0.25) is 0 Å². The number of nitrogens with zero attached hydrogens (tertiary/aromatic N) is 3. The van der Waals surface area contributed by atoms with Crippen LogP contribution in [0.5, 0.6) is 0 Å². The van der Waals surface area contributed by atoms with E-state index in [1.54, 1.807) is 0 Å². The van der Waals surface area contributed by atoms with Crippen LogP contribution in [-0.2, 0) is 13.0 Å². The molecule has 92 valence electrons. The molecule has 3 rings (SSSR count). The van der Waals surface area contributed by atoms with Gasteiger partial charge in [0.05, 0.1) is 5.52 Å². The lowest BCUT2D eigenvalue weighted by Crippen LogP contribution is -2.17. The maximum atomic E-state index is 11.8. The van der Waals surface area contributed by atoms with E-state index in [0.717, 1.165) is 17.4 Å². The Bertz CT molecular complexity index is 788. The van der Waals surface area contributed by atoms with Crippen molar-refractivity contribution in [3.05, 3.63) is 40.1 Å². The number of fused-ring (bicyclic) bond motifs is 3. The maximum Gasteiger partial charge on any atom is 0.370 e. The van der Waals surface area contributed by atoms with Crippen molar-refractivity contribution in [2.75, 3.05) is 0 Å². The first kappa shape index (κ1) is 10.9. The third-order valence-electron chi connectivity index (χ3n) is 2.97. The maximum absolute atomic E-state index is 11.8. The minimum atomic E-state index is -0.443. The van der Waals surface area contributed by atoms with Crippen LogP contribution in [-0.4, -0.2) is 24.7 Å². The van der Waals surface area contributed by atoms with Crippen LogP contribution in [0.2, 0.25) is 0 Å². The number of aromatic amines is 1. The van der Waals surface area contributed by atoms with Gasteiger partial charge < -0.3 is 10.1 Å². The molecule has 0 amide bonds. The van der Waals surface area contributed by atoms with E-state index in [2.05, 4.69) is 15.1 Å². The molecular weight excluding hydrogens is 232 g/mol. The summed E-state index contributed by atoms with van der Waals surface area (Å²) in [5.41, 5.74) is 1.89. The van der Waals surface area contributed by atoms with Crippen LogP contribution < -0.4 is 5.69 Å². The molecule has 3 aromatic rings. The van der Waals surface area contributed by atoms with Crippen LogP contribution in [0.15, 0.2) is 23.0 Å². The summed E-state index contributed by atoms with van der Waals surface area (Å²) in [7, 11) is 0. The number of H-pyrrole nitrogens is 1. The monoisotopic (exact) mass is 244 g/mol. The second-order valence-corrected chi connectivity index (χ2v) is 4.09. The van der Waals surface area contributed by atoms with Crippen molar-refractivity contribution in [1.29, 1.82) is 0 Å². The highest BCUT2D eigenvalue weighted by Crippen LogP contribution is 2.17. The van der Waals surface area contributed by atoms with E-state index < -0.39 is 5.69 Å². The predicted molar refractivity (Wildman–Crippen MR) is 66.4 cm³/mol. The molecule has 0 aliphatic rings. The summed E-state index contributed by atoms with van der Waals surface area (Å²) in [6.45, 7) is 1.81. The number of aliphatic hydroxyl groups is 1. The lowest BCUT2D eigenvalue weighted by Gasteiger charge is -2.00. The normalized spacial score (nSPS) is 11.4. The van der Waals surface area contributed by atoms with Crippen molar-refractivity contribution in [3.63, 3.8) is 0 Å². The Labute approximate surface area is 102 Å². The summed E-state index contributed by atoms with van der Waals surface area (Å²) in [5, 5.41) is 13.8. The molecule has 0 unspecified atom stereocenters. The van der Waals surface area contributed by atoms with E-state index in [1.165, 1.54) is 4.52 Å². The molecule has 0 saturated heterocycles. The van der Waals surface area contributed by atoms with Crippen molar-refractivity contribution < 1.29 is 5.11 Å². The fourth-order valence-corrected chi connectivity index (χ4v) is 2.02. The van der Waals surface area contributed by atoms with Gasteiger partial charge >= 0.3 is 5.69 Å². The average molecular weight is 244 g/mol. The Kier molecular flexibility index (Phi) is 2.38. The summed E-state index contributed by atoms with van der Waals surface area (Å²) in [5.74, 6) is 0.348. The van der Waals surface area contributed by atoms with Crippen LogP contribution in [0.25, 0.3) is 16.6 Å². The van der Waals surface area contributed by atoms with Crippen molar-refractivity contribution in [2.45, 2.75) is 20.0 Å². The van der Waals surface area contributed by atoms with E-state index in [9.17, 15) is 4.79 Å². The predicted octanol–water partition coefficient (Wildman–Crippen LogP) is 0.625. The van der Waals surface area contributed by atoms with Crippen molar-refractivity contribution in [3.8, 4) is 0 Å². The molecular formula is C12H12N4O2. The highest BCUT2D eigenvalue weighted by molar-refractivity contribution is 5.91. The number of hydrogen-bond donors (Lipinski definition) is 2. The Balaban J connectivity index is 2.45. The fourth-order valence-electron chi connectivity index (χ4n) is 2.02. The van der Waals surface area contributed by atoms with Gasteiger partial charge in [-0.15, -0.1) is 5.10 Å². The lowest BCUT2D eigenvalue weighted by molar-refractivity contribution is 0.271. The number of nitrogens with one attached hydrogen (secondary N) is 1. The third kappa shape index (κ3) is 1.50. The summed E-state index contributed by atoms with van der Waals surface area (Å²) in [6, 6.07) is 5.80. The molecule has 6 nitrogen and oxygen atoms in total. The average Bonchev–Trinajstić information content (AvgIpc) is 2.83. The molecule has 0 fully saturated rings. The molecule has 0 aliphatic heterocycles. The quantitative estimate of drug-likeness (QED) is 0.692. The lowest BCUT2D eigenvalue weighted by atomic mass is 10.1. The van der Waals surface area contributed by atoms with Crippen molar-refractivity contribution in [2.24, 2.45) is 0 Å². The highest BCUT2D eigenvalue weighted by Gasteiger charge is 2.09. The Morgan fingerprint density at radius 2 is 2.28 bits per heavy atom. The number of hydrogen-bond acceptors (Lipinski definition) is 4. The zero-order valence-corrected chi connectivity index (χ0v) is 9.84. The van der Waals surface area contributed by atoms with E-state index in [-0.39, 0.29) is 6.61 Å². The van der Waals surface area contributed by atoms with Gasteiger partial charge in [-0.05, 0) is 24.1 Å². The summed E-state index contributed by atoms with van der Waals surface area (Å²) < 4.78 is 1.18. The molecule has 0 spiro atoms. The Hall–Kier alpha value is -2.21. The first-order valence-electron chi connectivity index (χ1n) is 5.74. The first-order chi connectivity index (χ1) is 8.72. The molecule has 2 aromatic heterocycles. The molecule has 0 saturated carbocycles. The molecule has 18 heavy (non-hydrogen) atoms. The van der Waals surface area contributed by atoms with E-state index >= 15 is 0 Å². The number of aromatic nitrogens is 4. The van der Waals surface area contributed by atoms with Crippen LogP contribution in [0.4, 0.5) is 0 Å². The van der Waals surface area contributed by atoms with Crippen molar-refractivity contribution in [1.82, 2.24) is 19.6 Å². The molecule has 0 atom stereocenters. The zero-order valence-electron chi connectivity index (χ0n) is 9.84. The topological polar surface area (TPSA) is 83.3 Å². The van der Waals surface area contributed by atoms with Crippen LogP contribution >= 0.6 is 0 Å². The van der Waals surface area contributed by atoms with Crippen LogP contribution in [0, 0.1) is 0 Å². The molecule has 0 radical (unpaired) electrons. The Morgan fingerprint density at radius 3 is 3.00 bits per heavy atom. The SMILES string of the molecule is CCc1ccc2c(c1)nc(=O)n1nc(CO)[nH]c21.